The van der Waals surface area contributed by atoms with Crippen LogP contribution in [0.25, 0.3) is 5.53 Å². The smallest absolute Gasteiger partial charge is 0.303 e. The first-order valence-corrected chi connectivity index (χ1v) is 4.83. The Morgan fingerprint density at radius 1 is 1.36 bits per heavy atom. The van der Waals surface area contributed by atoms with Crippen molar-refractivity contribution in [3.63, 3.8) is 0 Å². The Kier molecular flexibility index (Phi) is 4.07. The first kappa shape index (κ1) is 12.9. The fourth-order valence-corrected chi connectivity index (χ4v) is 1.95. The SMILES string of the molecule is C=CC(=C=[N+]=[N-])C(C)(C)CC(C)(C)C. The van der Waals surface area contributed by atoms with Crippen molar-refractivity contribution in [2.45, 2.75) is 41.0 Å². The molecular formula is C12H20N2. The second-order valence-corrected chi connectivity index (χ2v) is 5.45. The summed E-state index contributed by atoms with van der Waals surface area (Å²) in [4.78, 5) is 2.94. The molecule has 0 aromatic heterocycles. The zero-order valence-corrected chi connectivity index (χ0v) is 9.89. The van der Waals surface area contributed by atoms with E-state index in [1.54, 1.807) is 6.08 Å². The molecule has 0 aromatic carbocycles. The minimum absolute atomic E-state index is 0.0633. The molecule has 0 aliphatic rings. The van der Waals surface area contributed by atoms with Gasteiger partial charge < -0.3 is 5.53 Å². The summed E-state index contributed by atoms with van der Waals surface area (Å²) < 4.78 is 0. The molecule has 2 heteroatoms. The van der Waals surface area contributed by atoms with E-state index in [4.69, 9.17) is 5.53 Å². The Labute approximate surface area is 87.0 Å². The fraction of sp³-hybridized carbons (Fsp3) is 0.667. The van der Waals surface area contributed by atoms with Gasteiger partial charge >= 0.3 is 5.87 Å². The zero-order valence-electron chi connectivity index (χ0n) is 9.89. The molecule has 0 aliphatic heterocycles. The summed E-state index contributed by atoms with van der Waals surface area (Å²) in [5, 5.41) is 0. The predicted octanol–water partition coefficient (Wildman–Crippen LogP) is 3.46. The van der Waals surface area contributed by atoms with Crippen molar-refractivity contribution in [1.82, 2.24) is 0 Å². The molecule has 0 fully saturated rings. The lowest BCUT2D eigenvalue weighted by molar-refractivity contribution is 0.00673. The highest BCUT2D eigenvalue weighted by molar-refractivity contribution is 5.58. The first-order chi connectivity index (χ1) is 6.23. The maximum atomic E-state index is 8.47. The van der Waals surface area contributed by atoms with Gasteiger partial charge in [0.25, 0.3) is 0 Å². The Balaban J connectivity index is 5.04. The number of rotatable bonds is 3. The fourth-order valence-electron chi connectivity index (χ4n) is 1.95. The molecule has 0 atom stereocenters. The molecular weight excluding hydrogens is 172 g/mol. The second kappa shape index (κ2) is 4.41. The van der Waals surface area contributed by atoms with Crippen molar-refractivity contribution in [2.75, 3.05) is 0 Å². The summed E-state index contributed by atoms with van der Waals surface area (Å²) in [5.41, 5.74) is 9.49. The van der Waals surface area contributed by atoms with Gasteiger partial charge in [-0.25, -0.2) is 0 Å². The zero-order chi connectivity index (χ0) is 11.4. The first-order valence-electron chi connectivity index (χ1n) is 4.83. The summed E-state index contributed by atoms with van der Waals surface area (Å²) >= 11 is 0. The molecule has 0 saturated heterocycles. The molecule has 14 heavy (non-hydrogen) atoms. The molecule has 78 valence electrons. The van der Waals surface area contributed by atoms with E-state index in [9.17, 15) is 0 Å². The summed E-state index contributed by atoms with van der Waals surface area (Å²) in [6, 6.07) is 0. The third kappa shape index (κ3) is 4.23. The van der Waals surface area contributed by atoms with Crippen LogP contribution >= 0.6 is 0 Å². The van der Waals surface area contributed by atoms with Crippen molar-refractivity contribution in [2.24, 2.45) is 10.8 Å². The van der Waals surface area contributed by atoms with Gasteiger partial charge in [-0.1, -0.05) is 47.3 Å². The Morgan fingerprint density at radius 3 is 2.14 bits per heavy atom. The van der Waals surface area contributed by atoms with Gasteiger partial charge in [0.2, 0.25) is 0 Å². The van der Waals surface area contributed by atoms with Gasteiger partial charge in [0.05, 0.1) is 5.57 Å². The van der Waals surface area contributed by atoms with E-state index in [-0.39, 0.29) is 10.8 Å². The van der Waals surface area contributed by atoms with Gasteiger partial charge in [-0.2, -0.15) is 0 Å². The van der Waals surface area contributed by atoms with Crippen LogP contribution in [-0.2, 0) is 0 Å². The molecule has 0 amide bonds. The molecule has 2 nitrogen and oxygen atoms in total. The highest BCUT2D eigenvalue weighted by Crippen LogP contribution is 2.37. The van der Waals surface area contributed by atoms with Crippen molar-refractivity contribution in [3.8, 4) is 0 Å². The van der Waals surface area contributed by atoms with Crippen LogP contribution in [0.4, 0.5) is 0 Å². The highest BCUT2D eigenvalue weighted by Gasteiger charge is 2.29. The number of hydrogen-bond donors (Lipinski definition) is 0. The van der Waals surface area contributed by atoms with Gasteiger partial charge in [0, 0.05) is 5.41 Å². The lowest BCUT2D eigenvalue weighted by Crippen LogP contribution is -2.22. The normalized spacial score (nSPS) is 11.5. The minimum Gasteiger partial charge on any atom is -0.348 e. The van der Waals surface area contributed by atoms with E-state index in [1.807, 2.05) is 0 Å². The van der Waals surface area contributed by atoms with Crippen LogP contribution in [0.5, 0.6) is 0 Å². The van der Waals surface area contributed by atoms with Gasteiger partial charge in [0.1, 0.15) is 0 Å². The third-order valence-corrected chi connectivity index (χ3v) is 2.08. The van der Waals surface area contributed by atoms with E-state index in [0.29, 0.717) is 0 Å². The van der Waals surface area contributed by atoms with E-state index in [1.165, 1.54) is 0 Å². The summed E-state index contributed by atoms with van der Waals surface area (Å²) in [6.45, 7) is 14.5. The molecule has 0 aliphatic carbocycles. The molecule has 0 heterocycles. The van der Waals surface area contributed by atoms with Gasteiger partial charge in [0.15, 0.2) is 0 Å². The van der Waals surface area contributed by atoms with Crippen LogP contribution in [0.15, 0.2) is 18.2 Å². The topological polar surface area (TPSA) is 36.4 Å². The van der Waals surface area contributed by atoms with Crippen molar-refractivity contribution in [1.29, 1.82) is 0 Å². The van der Waals surface area contributed by atoms with Gasteiger partial charge in [-0.15, -0.1) is 4.79 Å². The maximum absolute atomic E-state index is 8.47. The van der Waals surface area contributed by atoms with Crippen LogP contribution in [-0.4, -0.2) is 10.7 Å². The van der Waals surface area contributed by atoms with E-state index >= 15 is 0 Å². The summed E-state index contributed by atoms with van der Waals surface area (Å²) in [7, 11) is 0. The Bertz CT molecular complexity index is 293. The monoisotopic (exact) mass is 192 g/mol. The van der Waals surface area contributed by atoms with E-state index in [0.717, 1.165) is 12.0 Å². The average molecular weight is 192 g/mol. The van der Waals surface area contributed by atoms with Crippen LogP contribution in [0.2, 0.25) is 0 Å². The number of hydrogen-bond acceptors (Lipinski definition) is 0. The van der Waals surface area contributed by atoms with E-state index in [2.05, 4.69) is 51.9 Å². The lowest BCUT2D eigenvalue weighted by Gasteiger charge is -2.31. The molecule has 0 rings (SSSR count). The lowest BCUT2D eigenvalue weighted by atomic mass is 9.72. The van der Waals surface area contributed by atoms with Crippen LogP contribution in [0.3, 0.4) is 0 Å². The minimum atomic E-state index is -0.0633. The van der Waals surface area contributed by atoms with Gasteiger partial charge in [-0.3, -0.25) is 0 Å². The largest absolute Gasteiger partial charge is 0.348 e. The maximum Gasteiger partial charge on any atom is 0.303 e. The van der Waals surface area contributed by atoms with Crippen molar-refractivity contribution < 1.29 is 4.79 Å². The quantitative estimate of drug-likeness (QED) is 0.284. The Morgan fingerprint density at radius 2 is 1.86 bits per heavy atom. The highest BCUT2D eigenvalue weighted by atomic mass is 14.8. The molecule has 0 N–H and O–H groups in total. The molecule has 0 bridgehead atoms. The summed E-state index contributed by atoms with van der Waals surface area (Å²) in [5.74, 6) is 2.57. The molecule has 0 aromatic rings. The molecule has 0 radical (unpaired) electrons. The number of allylic oxidation sites excluding steroid dienone is 2. The van der Waals surface area contributed by atoms with Crippen LogP contribution < -0.4 is 0 Å². The number of nitrogens with zero attached hydrogens (tertiary/aromatic N) is 2. The molecule has 0 spiro atoms. The summed E-state index contributed by atoms with van der Waals surface area (Å²) in [6.07, 6.45) is 2.69. The predicted molar refractivity (Wildman–Crippen MR) is 60.2 cm³/mol. The second-order valence-electron chi connectivity index (χ2n) is 5.45. The van der Waals surface area contributed by atoms with Gasteiger partial charge in [-0.05, 0) is 11.8 Å². The van der Waals surface area contributed by atoms with Crippen LogP contribution in [0, 0.1) is 10.8 Å². The Hall–Kier alpha value is -1.10. The van der Waals surface area contributed by atoms with E-state index < -0.39 is 0 Å². The van der Waals surface area contributed by atoms with Crippen molar-refractivity contribution >= 4 is 5.87 Å². The van der Waals surface area contributed by atoms with Crippen LogP contribution in [0.1, 0.15) is 41.0 Å². The third-order valence-electron chi connectivity index (χ3n) is 2.08. The average Bonchev–Trinajstić information content (AvgIpc) is 1.94. The van der Waals surface area contributed by atoms with Crippen molar-refractivity contribution in [3.05, 3.63) is 23.8 Å². The molecule has 0 saturated carbocycles. The molecule has 0 unspecified atom stereocenters. The standard InChI is InChI=1S/C12H20N2/c1-7-10(8-14-13)12(5,6)9-11(2,3)4/h7H,1,9H2,2-6H3.